The maximum absolute atomic E-state index is 12.7. The van der Waals surface area contributed by atoms with E-state index in [0.717, 1.165) is 0 Å². The summed E-state index contributed by atoms with van der Waals surface area (Å²) in [5.74, 6) is -5.29. The molecule has 0 spiro atoms. The van der Waals surface area contributed by atoms with E-state index >= 15 is 0 Å². The zero-order chi connectivity index (χ0) is 24.3. The number of amides is 3. The number of carboxylic acids is 2. The Kier molecular flexibility index (Phi) is 11.2. The summed E-state index contributed by atoms with van der Waals surface area (Å²) in [6.45, 7) is -0.800. The van der Waals surface area contributed by atoms with E-state index in [1.165, 1.54) is 12.5 Å². The van der Waals surface area contributed by atoms with Crippen molar-refractivity contribution in [3.05, 3.63) is 18.2 Å². The van der Waals surface area contributed by atoms with Crippen molar-refractivity contribution in [1.82, 2.24) is 25.9 Å². The summed E-state index contributed by atoms with van der Waals surface area (Å²) in [5, 5.41) is 34.2. The summed E-state index contributed by atoms with van der Waals surface area (Å²) in [5.41, 5.74) is 5.94. The molecule has 0 aliphatic heterocycles. The minimum absolute atomic E-state index is 0.0105. The topological polar surface area (TPSA) is 237 Å². The molecule has 178 valence electrons. The first-order valence-corrected chi connectivity index (χ1v) is 10.0. The smallest absolute Gasteiger partial charge is 0.326 e. The number of thiol groups is 1. The van der Waals surface area contributed by atoms with Crippen molar-refractivity contribution < 1.29 is 39.3 Å². The Bertz CT molecular complexity index is 805. The highest BCUT2D eigenvalue weighted by molar-refractivity contribution is 7.80. The highest BCUT2D eigenvalue weighted by Gasteiger charge is 2.30. The number of aliphatic hydroxyl groups excluding tert-OH is 1. The van der Waals surface area contributed by atoms with Crippen LogP contribution in [0.15, 0.2) is 12.5 Å². The molecule has 32 heavy (non-hydrogen) atoms. The van der Waals surface area contributed by atoms with Gasteiger partial charge in [0.2, 0.25) is 17.7 Å². The van der Waals surface area contributed by atoms with Crippen molar-refractivity contribution >= 4 is 42.3 Å². The predicted octanol–water partition coefficient (Wildman–Crippen LogP) is -3.39. The molecule has 0 aromatic carbocycles. The minimum Gasteiger partial charge on any atom is -0.481 e. The van der Waals surface area contributed by atoms with Crippen molar-refractivity contribution in [2.24, 2.45) is 5.73 Å². The van der Waals surface area contributed by atoms with Crippen LogP contribution in [0.4, 0.5) is 0 Å². The molecule has 9 N–H and O–H groups in total. The van der Waals surface area contributed by atoms with Crippen molar-refractivity contribution in [3.8, 4) is 0 Å². The number of hydrogen-bond donors (Lipinski definition) is 9. The van der Waals surface area contributed by atoms with Gasteiger partial charge in [0.1, 0.15) is 18.1 Å². The summed E-state index contributed by atoms with van der Waals surface area (Å²) < 4.78 is 0. The van der Waals surface area contributed by atoms with E-state index in [4.69, 9.17) is 10.8 Å². The molecular weight excluding hydrogens is 448 g/mol. The zero-order valence-corrected chi connectivity index (χ0v) is 17.7. The SMILES string of the molecule is NC(CS)C(=O)NC(CO)C(=O)NC(Cc1cnc[nH]1)C(=O)NC(CCC(=O)O)C(=O)O. The van der Waals surface area contributed by atoms with Crippen LogP contribution in [-0.4, -0.2) is 91.5 Å². The quantitative estimate of drug-likeness (QED) is 0.121. The molecule has 0 fully saturated rings. The van der Waals surface area contributed by atoms with Crippen LogP contribution in [0, 0.1) is 0 Å². The summed E-state index contributed by atoms with van der Waals surface area (Å²) in [4.78, 5) is 65.8. The molecule has 14 nitrogen and oxygen atoms in total. The van der Waals surface area contributed by atoms with Crippen LogP contribution in [0.2, 0.25) is 0 Å². The van der Waals surface area contributed by atoms with Gasteiger partial charge in [-0.05, 0) is 6.42 Å². The molecule has 4 unspecified atom stereocenters. The number of nitrogens with zero attached hydrogens (tertiary/aromatic N) is 1. The lowest BCUT2D eigenvalue weighted by Crippen LogP contribution is -2.58. The number of carbonyl (C=O) groups is 5. The Balaban J connectivity index is 2.95. The highest BCUT2D eigenvalue weighted by atomic mass is 32.1. The summed E-state index contributed by atoms with van der Waals surface area (Å²) >= 11 is 3.87. The van der Waals surface area contributed by atoms with Gasteiger partial charge < -0.3 is 42.0 Å². The fourth-order valence-corrected chi connectivity index (χ4v) is 2.62. The normalized spacial score (nSPS) is 14.5. The van der Waals surface area contributed by atoms with Gasteiger partial charge in [0.15, 0.2) is 0 Å². The Morgan fingerprint density at radius 1 is 1.03 bits per heavy atom. The van der Waals surface area contributed by atoms with Crippen molar-refractivity contribution in [2.45, 2.75) is 43.4 Å². The molecule has 1 rings (SSSR count). The lowest BCUT2D eigenvalue weighted by molar-refractivity contribution is -0.143. The van der Waals surface area contributed by atoms with Crippen LogP contribution < -0.4 is 21.7 Å². The van der Waals surface area contributed by atoms with Gasteiger partial charge in [0.25, 0.3) is 0 Å². The first-order valence-electron chi connectivity index (χ1n) is 9.39. The summed E-state index contributed by atoms with van der Waals surface area (Å²) in [6, 6.07) is -5.32. The van der Waals surface area contributed by atoms with E-state index in [-0.39, 0.29) is 18.6 Å². The second kappa shape index (κ2) is 13.3. The molecule has 0 saturated heterocycles. The van der Waals surface area contributed by atoms with Gasteiger partial charge >= 0.3 is 11.9 Å². The third kappa shape index (κ3) is 8.91. The van der Waals surface area contributed by atoms with Gasteiger partial charge in [-0.2, -0.15) is 12.6 Å². The van der Waals surface area contributed by atoms with Crippen LogP contribution in [0.3, 0.4) is 0 Å². The van der Waals surface area contributed by atoms with E-state index in [1.54, 1.807) is 0 Å². The first kappa shape index (κ1) is 26.9. The second-order valence-corrected chi connectivity index (χ2v) is 7.07. The molecular formula is C17H26N6O8S. The van der Waals surface area contributed by atoms with Crippen molar-refractivity contribution in [2.75, 3.05) is 12.4 Å². The molecule has 0 aliphatic rings. The summed E-state index contributed by atoms with van der Waals surface area (Å²) in [7, 11) is 0. The fourth-order valence-electron chi connectivity index (χ4n) is 2.45. The monoisotopic (exact) mass is 474 g/mol. The van der Waals surface area contributed by atoms with Crippen LogP contribution >= 0.6 is 12.6 Å². The van der Waals surface area contributed by atoms with E-state index < -0.39 is 66.9 Å². The molecule has 1 aromatic rings. The maximum atomic E-state index is 12.7. The number of carboxylic acid groups (broad SMARTS) is 2. The van der Waals surface area contributed by atoms with Gasteiger partial charge in [-0.15, -0.1) is 0 Å². The number of aliphatic carboxylic acids is 2. The number of aromatic nitrogens is 2. The number of nitrogens with two attached hydrogens (primary N) is 1. The fraction of sp³-hybridized carbons (Fsp3) is 0.529. The maximum Gasteiger partial charge on any atom is 0.326 e. The standard InChI is InChI=1S/C17H26N6O8S/c18-9(6-32)14(27)23-12(5-24)16(29)22-11(3-8-4-19-7-20-8)15(28)21-10(17(30)31)1-2-13(25)26/h4,7,9-12,24,32H,1-3,5-6,18H2,(H,19,20)(H,21,28)(H,22,29)(H,23,27)(H,25,26)(H,30,31). The number of carbonyl (C=O) groups excluding carboxylic acids is 3. The summed E-state index contributed by atoms with van der Waals surface area (Å²) in [6.07, 6.45) is 1.69. The largest absolute Gasteiger partial charge is 0.481 e. The number of nitrogens with one attached hydrogen (secondary N) is 4. The molecule has 1 aromatic heterocycles. The Labute approximate surface area is 187 Å². The van der Waals surface area contributed by atoms with Crippen LogP contribution in [-0.2, 0) is 30.4 Å². The highest BCUT2D eigenvalue weighted by Crippen LogP contribution is 2.04. The molecule has 1 heterocycles. The third-order valence-corrected chi connectivity index (χ3v) is 4.62. The predicted molar refractivity (Wildman–Crippen MR) is 112 cm³/mol. The van der Waals surface area contributed by atoms with Crippen molar-refractivity contribution in [3.63, 3.8) is 0 Å². The van der Waals surface area contributed by atoms with Gasteiger partial charge in [-0.25, -0.2) is 9.78 Å². The lowest BCUT2D eigenvalue weighted by Gasteiger charge is -2.24. The third-order valence-electron chi connectivity index (χ3n) is 4.22. The number of imidazole rings is 1. The molecule has 3 amide bonds. The number of aromatic amines is 1. The Morgan fingerprint density at radius 2 is 1.62 bits per heavy atom. The van der Waals surface area contributed by atoms with E-state index in [1.807, 2.05) is 0 Å². The molecule has 0 radical (unpaired) electrons. The number of H-pyrrole nitrogens is 1. The Hall–Kier alpha value is -3.17. The average molecular weight is 474 g/mol. The molecule has 0 saturated carbocycles. The average Bonchev–Trinajstić information content (AvgIpc) is 3.26. The van der Waals surface area contributed by atoms with Crippen molar-refractivity contribution in [1.29, 1.82) is 0 Å². The van der Waals surface area contributed by atoms with Gasteiger partial charge in [-0.1, -0.05) is 0 Å². The van der Waals surface area contributed by atoms with Gasteiger partial charge in [-0.3, -0.25) is 19.2 Å². The van der Waals surface area contributed by atoms with Crippen LogP contribution in [0.5, 0.6) is 0 Å². The number of rotatable bonds is 14. The van der Waals surface area contributed by atoms with Gasteiger partial charge in [0.05, 0.1) is 19.0 Å². The zero-order valence-electron chi connectivity index (χ0n) is 16.9. The first-order chi connectivity index (χ1) is 15.1. The van der Waals surface area contributed by atoms with E-state index in [2.05, 4.69) is 38.5 Å². The van der Waals surface area contributed by atoms with E-state index in [0.29, 0.717) is 5.69 Å². The molecule has 0 bridgehead atoms. The van der Waals surface area contributed by atoms with E-state index in [9.17, 15) is 34.2 Å². The minimum atomic E-state index is -1.51. The molecule has 0 aliphatic carbocycles. The Morgan fingerprint density at radius 3 is 2.12 bits per heavy atom. The molecule has 4 atom stereocenters. The van der Waals surface area contributed by atoms with Crippen LogP contribution in [0.25, 0.3) is 0 Å². The van der Waals surface area contributed by atoms with Gasteiger partial charge in [0, 0.05) is 30.5 Å². The van der Waals surface area contributed by atoms with Crippen LogP contribution in [0.1, 0.15) is 18.5 Å². The number of aliphatic hydroxyl groups is 1. The number of hydrogen-bond acceptors (Lipinski definition) is 9. The lowest BCUT2D eigenvalue weighted by atomic mass is 10.1. The second-order valence-electron chi connectivity index (χ2n) is 6.71. The molecule has 15 heteroatoms.